The summed E-state index contributed by atoms with van der Waals surface area (Å²) in [5.41, 5.74) is -0.939. The van der Waals surface area contributed by atoms with Gasteiger partial charge in [0.1, 0.15) is 5.60 Å². The molecule has 2 rings (SSSR count). The first-order valence-corrected chi connectivity index (χ1v) is 6.18. The SMILES string of the molecule is COC(=O)C1(C)OC12CCCCCC2(C)C. The van der Waals surface area contributed by atoms with E-state index in [-0.39, 0.29) is 17.0 Å². The second-order valence-electron chi connectivity index (χ2n) is 5.90. The molecule has 92 valence electrons. The van der Waals surface area contributed by atoms with Crippen LogP contribution in [-0.4, -0.2) is 24.3 Å². The molecule has 3 heteroatoms. The van der Waals surface area contributed by atoms with Crippen molar-refractivity contribution in [2.75, 3.05) is 7.11 Å². The van der Waals surface area contributed by atoms with Crippen molar-refractivity contribution < 1.29 is 14.3 Å². The summed E-state index contributed by atoms with van der Waals surface area (Å²) in [5.74, 6) is -0.220. The summed E-state index contributed by atoms with van der Waals surface area (Å²) < 4.78 is 10.8. The fourth-order valence-corrected chi connectivity index (χ4v) is 3.46. The van der Waals surface area contributed by atoms with Crippen molar-refractivity contribution in [3.8, 4) is 0 Å². The van der Waals surface area contributed by atoms with Crippen molar-refractivity contribution in [1.82, 2.24) is 0 Å². The van der Waals surface area contributed by atoms with Gasteiger partial charge < -0.3 is 9.47 Å². The fourth-order valence-electron chi connectivity index (χ4n) is 3.46. The van der Waals surface area contributed by atoms with Crippen LogP contribution in [0, 0.1) is 5.41 Å². The van der Waals surface area contributed by atoms with Crippen LogP contribution in [0.1, 0.15) is 52.9 Å². The Morgan fingerprint density at radius 1 is 1.12 bits per heavy atom. The summed E-state index contributed by atoms with van der Waals surface area (Å²) >= 11 is 0. The van der Waals surface area contributed by atoms with Crippen LogP contribution in [0.3, 0.4) is 0 Å². The lowest BCUT2D eigenvalue weighted by Crippen LogP contribution is -2.42. The van der Waals surface area contributed by atoms with Crippen LogP contribution in [0.25, 0.3) is 0 Å². The zero-order chi connectivity index (χ0) is 12.0. The molecule has 2 atom stereocenters. The molecule has 0 bridgehead atoms. The number of methoxy groups -OCH3 is 1. The molecular formula is C13H22O3. The highest BCUT2D eigenvalue weighted by atomic mass is 16.7. The van der Waals surface area contributed by atoms with Crippen LogP contribution in [-0.2, 0) is 14.3 Å². The van der Waals surface area contributed by atoms with Gasteiger partial charge in [-0.3, -0.25) is 0 Å². The fraction of sp³-hybridized carbons (Fsp3) is 0.923. The largest absolute Gasteiger partial charge is 0.467 e. The van der Waals surface area contributed by atoms with Crippen molar-refractivity contribution in [3.63, 3.8) is 0 Å². The predicted octanol–water partition coefficient (Wildman–Crippen LogP) is 2.68. The number of epoxide rings is 1. The molecule has 0 N–H and O–H groups in total. The summed E-state index contributed by atoms with van der Waals surface area (Å²) in [4.78, 5) is 11.8. The van der Waals surface area contributed by atoms with E-state index in [2.05, 4.69) is 13.8 Å². The first kappa shape index (κ1) is 11.9. The second kappa shape index (κ2) is 3.46. The lowest BCUT2D eigenvalue weighted by molar-refractivity contribution is -0.146. The van der Waals surface area contributed by atoms with Gasteiger partial charge in [-0.15, -0.1) is 0 Å². The van der Waals surface area contributed by atoms with Gasteiger partial charge in [-0.25, -0.2) is 4.79 Å². The minimum atomic E-state index is -0.713. The summed E-state index contributed by atoms with van der Waals surface area (Å²) in [6.45, 7) is 6.31. The van der Waals surface area contributed by atoms with Gasteiger partial charge >= 0.3 is 5.97 Å². The van der Waals surface area contributed by atoms with E-state index < -0.39 is 5.60 Å². The summed E-state index contributed by atoms with van der Waals surface area (Å²) in [6, 6.07) is 0. The number of esters is 1. The van der Waals surface area contributed by atoms with E-state index in [1.165, 1.54) is 20.0 Å². The molecule has 1 spiro atoms. The van der Waals surface area contributed by atoms with Crippen LogP contribution >= 0.6 is 0 Å². The van der Waals surface area contributed by atoms with Gasteiger partial charge in [-0.1, -0.05) is 33.1 Å². The Morgan fingerprint density at radius 3 is 2.38 bits per heavy atom. The first-order chi connectivity index (χ1) is 7.40. The number of rotatable bonds is 1. The van der Waals surface area contributed by atoms with Crippen LogP contribution < -0.4 is 0 Å². The molecule has 0 aromatic heterocycles. The van der Waals surface area contributed by atoms with Crippen LogP contribution in [0.5, 0.6) is 0 Å². The topological polar surface area (TPSA) is 38.8 Å². The van der Waals surface area contributed by atoms with Crippen molar-refractivity contribution in [2.24, 2.45) is 5.41 Å². The first-order valence-electron chi connectivity index (χ1n) is 6.18. The molecule has 1 saturated carbocycles. The Balaban J connectivity index is 2.29. The zero-order valence-electron chi connectivity index (χ0n) is 10.8. The Labute approximate surface area is 97.5 Å². The molecule has 0 radical (unpaired) electrons. The third kappa shape index (κ3) is 1.33. The monoisotopic (exact) mass is 226 g/mol. The van der Waals surface area contributed by atoms with E-state index in [1.807, 2.05) is 6.92 Å². The molecule has 2 fully saturated rings. The van der Waals surface area contributed by atoms with Gasteiger partial charge in [0.2, 0.25) is 0 Å². The third-order valence-electron chi connectivity index (χ3n) is 4.61. The smallest absolute Gasteiger partial charge is 0.340 e. The maximum absolute atomic E-state index is 11.8. The number of hydrogen-bond acceptors (Lipinski definition) is 3. The standard InChI is InChI=1S/C13H22O3/c1-11(2)8-6-5-7-9-13(11)12(3,16-13)10(14)15-4/h5-9H2,1-4H3. The van der Waals surface area contributed by atoms with Gasteiger partial charge in [-0.05, 0) is 25.2 Å². The van der Waals surface area contributed by atoms with Gasteiger partial charge in [0.25, 0.3) is 0 Å². The molecule has 16 heavy (non-hydrogen) atoms. The molecule has 1 heterocycles. The normalized spacial score (nSPS) is 41.5. The average Bonchev–Trinajstić information content (AvgIpc) is 2.88. The van der Waals surface area contributed by atoms with Crippen molar-refractivity contribution in [3.05, 3.63) is 0 Å². The molecule has 0 aromatic carbocycles. The third-order valence-corrected chi connectivity index (χ3v) is 4.61. The number of carbonyl (C=O) groups excluding carboxylic acids is 1. The van der Waals surface area contributed by atoms with Crippen LogP contribution in [0.2, 0.25) is 0 Å². The Bertz CT molecular complexity index is 310. The van der Waals surface area contributed by atoms with E-state index in [0.29, 0.717) is 0 Å². The molecule has 0 amide bonds. The van der Waals surface area contributed by atoms with E-state index in [9.17, 15) is 4.79 Å². The maximum Gasteiger partial charge on any atom is 0.340 e. The Morgan fingerprint density at radius 2 is 1.75 bits per heavy atom. The van der Waals surface area contributed by atoms with Gasteiger partial charge in [-0.2, -0.15) is 0 Å². The van der Waals surface area contributed by atoms with Crippen molar-refractivity contribution in [2.45, 2.75) is 64.1 Å². The molecule has 2 unspecified atom stereocenters. The molecular weight excluding hydrogens is 204 g/mol. The minimum absolute atomic E-state index is 0.0619. The highest BCUT2D eigenvalue weighted by Gasteiger charge is 2.77. The van der Waals surface area contributed by atoms with E-state index in [0.717, 1.165) is 19.3 Å². The van der Waals surface area contributed by atoms with Crippen molar-refractivity contribution in [1.29, 1.82) is 0 Å². The molecule has 2 aliphatic rings. The highest BCUT2D eigenvalue weighted by Crippen LogP contribution is 2.63. The lowest BCUT2D eigenvalue weighted by atomic mass is 9.69. The Hall–Kier alpha value is -0.570. The molecule has 1 aliphatic heterocycles. The number of ether oxygens (including phenoxy) is 2. The average molecular weight is 226 g/mol. The van der Waals surface area contributed by atoms with E-state index in [4.69, 9.17) is 9.47 Å². The molecule has 3 nitrogen and oxygen atoms in total. The lowest BCUT2D eigenvalue weighted by Gasteiger charge is -2.31. The van der Waals surface area contributed by atoms with Crippen molar-refractivity contribution >= 4 is 5.97 Å². The predicted molar refractivity (Wildman–Crippen MR) is 61.1 cm³/mol. The van der Waals surface area contributed by atoms with Crippen LogP contribution in [0.4, 0.5) is 0 Å². The second-order valence-corrected chi connectivity index (χ2v) is 5.90. The van der Waals surface area contributed by atoms with Gasteiger partial charge in [0.05, 0.1) is 7.11 Å². The quantitative estimate of drug-likeness (QED) is 0.509. The maximum atomic E-state index is 11.8. The summed E-state index contributed by atoms with van der Waals surface area (Å²) in [5, 5.41) is 0. The minimum Gasteiger partial charge on any atom is -0.467 e. The van der Waals surface area contributed by atoms with Gasteiger partial charge in [0.15, 0.2) is 5.60 Å². The van der Waals surface area contributed by atoms with E-state index in [1.54, 1.807) is 0 Å². The zero-order valence-corrected chi connectivity index (χ0v) is 10.8. The summed E-state index contributed by atoms with van der Waals surface area (Å²) in [6.07, 6.45) is 5.72. The number of hydrogen-bond donors (Lipinski definition) is 0. The highest BCUT2D eigenvalue weighted by molar-refractivity contribution is 5.84. The Kier molecular flexibility index (Phi) is 2.57. The number of carbonyl (C=O) groups is 1. The molecule has 1 aliphatic carbocycles. The van der Waals surface area contributed by atoms with Gasteiger partial charge in [0, 0.05) is 0 Å². The van der Waals surface area contributed by atoms with Crippen LogP contribution in [0.15, 0.2) is 0 Å². The summed E-state index contributed by atoms with van der Waals surface area (Å²) in [7, 11) is 1.44. The van der Waals surface area contributed by atoms with E-state index >= 15 is 0 Å². The molecule has 0 aromatic rings. The molecule has 1 saturated heterocycles.